The van der Waals surface area contributed by atoms with Gasteiger partial charge in [0.1, 0.15) is 23.8 Å². The van der Waals surface area contributed by atoms with Crippen LogP contribution in [0, 0.1) is 5.92 Å². The van der Waals surface area contributed by atoms with Crippen molar-refractivity contribution < 1.29 is 9.57 Å². The lowest BCUT2D eigenvalue weighted by Crippen LogP contribution is -2.23. The zero-order chi connectivity index (χ0) is 22.1. The summed E-state index contributed by atoms with van der Waals surface area (Å²) in [5, 5.41) is 18.9. The molecule has 3 N–H and O–H groups in total. The molecule has 2 atom stereocenters. The van der Waals surface area contributed by atoms with Gasteiger partial charge in [0.15, 0.2) is 0 Å². The average Bonchev–Trinajstić information content (AvgIpc) is 3.11. The molecule has 1 saturated carbocycles. The highest BCUT2D eigenvalue weighted by atomic mass is 16.6. The van der Waals surface area contributed by atoms with Crippen LogP contribution in [0.15, 0.2) is 17.3 Å². The maximum atomic E-state index is 6.13. The Bertz CT molecular complexity index is 978. The van der Waals surface area contributed by atoms with Crippen molar-refractivity contribution >= 4 is 23.3 Å². The third-order valence-corrected chi connectivity index (χ3v) is 6.07. The van der Waals surface area contributed by atoms with Gasteiger partial charge in [0, 0.05) is 38.1 Å². The van der Waals surface area contributed by atoms with Crippen molar-refractivity contribution in [3.05, 3.63) is 17.8 Å². The highest BCUT2D eigenvalue weighted by Crippen LogP contribution is 2.40. The quantitative estimate of drug-likeness (QED) is 0.546. The molecule has 2 fully saturated rings. The Morgan fingerprint density at radius 2 is 2.12 bits per heavy atom. The first-order valence-corrected chi connectivity index (χ1v) is 11.6. The lowest BCUT2D eigenvalue weighted by Gasteiger charge is -2.15. The SMILES string of the molecule is CC(C)C1=NOC(CNc2nc(Nc3cc(C4CC4)nn3C)cc(OC3CCNC3)n2)C1. The minimum Gasteiger partial charge on any atom is -0.473 e. The molecule has 5 rings (SSSR count). The van der Waals surface area contributed by atoms with Crippen LogP contribution < -0.4 is 20.7 Å². The van der Waals surface area contributed by atoms with Crippen molar-refractivity contribution in [2.24, 2.45) is 18.1 Å². The molecular weight excluding hydrogens is 408 g/mol. The van der Waals surface area contributed by atoms with E-state index in [4.69, 9.17) is 9.57 Å². The normalized spacial score (nSPS) is 22.7. The molecule has 2 aromatic rings. The molecule has 2 aromatic heterocycles. The summed E-state index contributed by atoms with van der Waals surface area (Å²) < 4.78 is 7.99. The highest BCUT2D eigenvalue weighted by molar-refractivity contribution is 5.87. The number of oxime groups is 1. The van der Waals surface area contributed by atoms with E-state index >= 15 is 0 Å². The van der Waals surface area contributed by atoms with Gasteiger partial charge < -0.3 is 25.5 Å². The van der Waals surface area contributed by atoms with Crippen molar-refractivity contribution in [2.45, 2.75) is 57.7 Å². The van der Waals surface area contributed by atoms with Crippen molar-refractivity contribution in [2.75, 3.05) is 30.3 Å². The van der Waals surface area contributed by atoms with Crippen molar-refractivity contribution in [1.29, 1.82) is 0 Å². The summed E-state index contributed by atoms with van der Waals surface area (Å²) in [6, 6.07) is 3.95. The van der Waals surface area contributed by atoms with Gasteiger partial charge in [-0.15, -0.1) is 0 Å². The summed E-state index contributed by atoms with van der Waals surface area (Å²) in [4.78, 5) is 14.8. The Morgan fingerprint density at radius 3 is 2.84 bits per heavy atom. The zero-order valence-electron chi connectivity index (χ0n) is 19.0. The minimum absolute atomic E-state index is 0.0193. The number of aryl methyl sites for hydroxylation is 1. The fourth-order valence-electron chi connectivity index (χ4n) is 3.95. The number of hydrogen-bond acceptors (Lipinski definition) is 9. The van der Waals surface area contributed by atoms with E-state index < -0.39 is 0 Å². The first-order chi connectivity index (χ1) is 15.5. The van der Waals surface area contributed by atoms with Gasteiger partial charge >= 0.3 is 0 Å². The molecule has 32 heavy (non-hydrogen) atoms. The molecule has 1 saturated heterocycles. The largest absolute Gasteiger partial charge is 0.473 e. The maximum absolute atomic E-state index is 6.13. The van der Waals surface area contributed by atoms with Crippen LogP contribution in [0.3, 0.4) is 0 Å². The van der Waals surface area contributed by atoms with Gasteiger partial charge in [-0.1, -0.05) is 19.0 Å². The van der Waals surface area contributed by atoms with Gasteiger partial charge in [0.2, 0.25) is 11.8 Å². The molecule has 0 bridgehead atoms. The maximum Gasteiger partial charge on any atom is 0.228 e. The topological polar surface area (TPSA) is 111 Å². The summed E-state index contributed by atoms with van der Waals surface area (Å²) in [6.45, 7) is 6.62. The summed E-state index contributed by atoms with van der Waals surface area (Å²) in [6.07, 6.45) is 4.32. The first-order valence-electron chi connectivity index (χ1n) is 11.6. The van der Waals surface area contributed by atoms with Crippen molar-refractivity contribution in [1.82, 2.24) is 25.1 Å². The van der Waals surface area contributed by atoms with Crippen LogP contribution in [0.1, 0.15) is 51.1 Å². The van der Waals surface area contributed by atoms with Crippen LogP contribution in [0.4, 0.5) is 17.6 Å². The third-order valence-electron chi connectivity index (χ3n) is 6.07. The van der Waals surface area contributed by atoms with Crippen LogP contribution in [0.2, 0.25) is 0 Å². The van der Waals surface area contributed by atoms with Crippen molar-refractivity contribution in [3.8, 4) is 5.88 Å². The van der Waals surface area contributed by atoms with Crippen LogP contribution >= 0.6 is 0 Å². The zero-order valence-corrected chi connectivity index (χ0v) is 19.0. The molecular formula is C22H32N8O2. The molecule has 2 unspecified atom stereocenters. The number of nitrogens with one attached hydrogen (secondary N) is 3. The van der Waals surface area contributed by atoms with E-state index in [0.29, 0.717) is 36.0 Å². The summed E-state index contributed by atoms with van der Waals surface area (Å²) in [5.41, 5.74) is 2.23. The Morgan fingerprint density at radius 1 is 1.25 bits per heavy atom. The predicted molar refractivity (Wildman–Crippen MR) is 123 cm³/mol. The molecule has 10 nitrogen and oxygen atoms in total. The van der Waals surface area contributed by atoms with E-state index in [1.54, 1.807) is 0 Å². The molecule has 3 aliphatic rings. The van der Waals surface area contributed by atoms with Gasteiger partial charge in [-0.25, -0.2) is 0 Å². The fourth-order valence-corrected chi connectivity index (χ4v) is 3.95. The van der Waals surface area contributed by atoms with E-state index in [0.717, 1.165) is 43.2 Å². The van der Waals surface area contributed by atoms with Crippen LogP contribution in [0.5, 0.6) is 5.88 Å². The van der Waals surface area contributed by atoms with Crippen LogP contribution in [-0.2, 0) is 11.9 Å². The van der Waals surface area contributed by atoms with E-state index in [1.807, 2.05) is 17.8 Å². The predicted octanol–water partition coefficient (Wildman–Crippen LogP) is 2.78. The first kappa shape index (κ1) is 21.0. The highest BCUT2D eigenvalue weighted by Gasteiger charge is 2.27. The minimum atomic E-state index is -0.0193. The molecule has 1 aliphatic carbocycles. The van der Waals surface area contributed by atoms with Crippen molar-refractivity contribution in [3.63, 3.8) is 0 Å². The number of aromatic nitrogens is 4. The molecule has 0 aromatic carbocycles. The van der Waals surface area contributed by atoms with E-state index in [9.17, 15) is 0 Å². The molecule has 4 heterocycles. The molecule has 2 aliphatic heterocycles. The van der Waals surface area contributed by atoms with E-state index in [-0.39, 0.29) is 12.2 Å². The van der Waals surface area contributed by atoms with Gasteiger partial charge in [0.25, 0.3) is 0 Å². The Labute approximate surface area is 188 Å². The lowest BCUT2D eigenvalue weighted by molar-refractivity contribution is 0.0947. The molecule has 0 radical (unpaired) electrons. The lowest BCUT2D eigenvalue weighted by atomic mass is 10.0. The molecule has 172 valence electrons. The van der Waals surface area contributed by atoms with Gasteiger partial charge in [0.05, 0.1) is 18.0 Å². The number of hydrogen-bond donors (Lipinski definition) is 3. The fraction of sp³-hybridized carbons (Fsp3) is 0.636. The molecule has 0 spiro atoms. The number of ether oxygens (including phenoxy) is 1. The summed E-state index contributed by atoms with van der Waals surface area (Å²) in [5.74, 6) is 3.61. The summed E-state index contributed by atoms with van der Waals surface area (Å²) >= 11 is 0. The van der Waals surface area contributed by atoms with Gasteiger partial charge in [-0.2, -0.15) is 15.1 Å². The molecule has 10 heteroatoms. The summed E-state index contributed by atoms with van der Waals surface area (Å²) in [7, 11) is 1.94. The van der Waals surface area contributed by atoms with Gasteiger partial charge in [-0.3, -0.25) is 4.68 Å². The third kappa shape index (κ3) is 4.95. The second-order valence-electron chi connectivity index (χ2n) is 9.17. The number of anilines is 3. The monoisotopic (exact) mass is 440 g/mol. The Hall–Kier alpha value is -2.88. The number of nitrogens with zero attached hydrogens (tertiary/aromatic N) is 5. The van der Waals surface area contributed by atoms with Crippen LogP contribution in [-0.4, -0.2) is 57.3 Å². The standard InChI is InChI=1S/C22H32N8O2/c1-13(2)17-8-16(32-29-17)12-24-22-26-19(10-21(27-22)31-15-6-7-23-11-15)25-20-9-18(14-4-5-14)28-30(20)3/h9-10,13-16,23H,4-8,11-12H2,1-3H3,(H2,24,25,26,27). The van der Waals surface area contributed by atoms with Crippen LogP contribution in [0.25, 0.3) is 0 Å². The Balaban J connectivity index is 1.30. The average molecular weight is 441 g/mol. The van der Waals surface area contributed by atoms with Gasteiger partial charge in [-0.05, 0) is 31.7 Å². The van der Waals surface area contributed by atoms with E-state index in [2.05, 4.69) is 56.1 Å². The number of rotatable bonds is 9. The molecule has 0 amide bonds. The second-order valence-corrected chi connectivity index (χ2v) is 9.17. The smallest absolute Gasteiger partial charge is 0.228 e. The van der Waals surface area contributed by atoms with E-state index in [1.165, 1.54) is 12.8 Å². The Kier molecular flexibility index (Phi) is 5.86. The second kappa shape index (κ2) is 8.93.